The zero-order valence-electron chi connectivity index (χ0n) is 13.6. The fourth-order valence-corrected chi connectivity index (χ4v) is 2.14. The molecule has 1 amide bonds. The van der Waals surface area contributed by atoms with Gasteiger partial charge in [0.1, 0.15) is 11.9 Å². The Morgan fingerprint density at radius 2 is 1.81 bits per heavy atom. The van der Waals surface area contributed by atoms with Crippen molar-refractivity contribution in [3.8, 4) is 11.8 Å². The zero-order chi connectivity index (χ0) is 18.9. The lowest BCUT2D eigenvalue weighted by Crippen LogP contribution is -2.17. The lowest BCUT2D eigenvalue weighted by atomic mass is 10.1. The summed E-state index contributed by atoms with van der Waals surface area (Å²) >= 11 is 0. The summed E-state index contributed by atoms with van der Waals surface area (Å²) in [5.74, 6) is -1.04. The van der Waals surface area contributed by atoms with Crippen LogP contribution in [0.25, 0.3) is 0 Å². The van der Waals surface area contributed by atoms with Crippen molar-refractivity contribution in [2.45, 2.75) is 12.5 Å². The number of aliphatic carboxylic acids is 1. The molecule has 0 heterocycles. The number of anilines is 1. The van der Waals surface area contributed by atoms with Crippen molar-refractivity contribution < 1.29 is 24.5 Å². The van der Waals surface area contributed by atoms with Crippen LogP contribution in [0, 0.1) is 11.3 Å². The largest absolute Gasteiger partial charge is 0.508 e. The van der Waals surface area contributed by atoms with Crippen LogP contribution in [-0.2, 0) is 9.53 Å². The quantitative estimate of drug-likeness (QED) is 0.684. The second kappa shape index (κ2) is 8.89. The average molecular weight is 352 g/mol. The summed E-state index contributed by atoms with van der Waals surface area (Å²) in [4.78, 5) is 22.7. The first-order chi connectivity index (χ1) is 12.5. The molecule has 7 nitrogen and oxygen atoms in total. The molecular weight excluding hydrogens is 336 g/mol. The number of hydrogen-bond donors (Lipinski definition) is 3. The van der Waals surface area contributed by atoms with Crippen LogP contribution in [0.5, 0.6) is 5.75 Å². The van der Waals surface area contributed by atoms with E-state index in [0.29, 0.717) is 16.8 Å². The third-order valence-electron chi connectivity index (χ3n) is 3.39. The van der Waals surface area contributed by atoms with E-state index >= 15 is 0 Å². The summed E-state index contributed by atoms with van der Waals surface area (Å²) in [5.41, 5.74) is 1.53. The molecule has 0 aliphatic carbocycles. The molecule has 0 saturated heterocycles. The van der Waals surface area contributed by atoms with Gasteiger partial charge in [0.25, 0.3) is 0 Å². The van der Waals surface area contributed by atoms with E-state index in [1.54, 1.807) is 36.4 Å². The van der Waals surface area contributed by atoms with Gasteiger partial charge in [0.2, 0.25) is 0 Å². The Hall–Kier alpha value is -3.79. The van der Waals surface area contributed by atoms with Crippen molar-refractivity contribution in [2.24, 2.45) is 0 Å². The molecule has 0 aliphatic heterocycles. The van der Waals surface area contributed by atoms with Crippen molar-refractivity contribution in [3.05, 3.63) is 71.8 Å². The van der Waals surface area contributed by atoms with Gasteiger partial charge in [-0.3, -0.25) is 5.32 Å². The number of nitrogens with one attached hydrogen (secondary N) is 1. The Balaban J connectivity index is 2.08. The van der Waals surface area contributed by atoms with Gasteiger partial charge in [0, 0.05) is 18.2 Å². The number of phenols is 1. The predicted molar refractivity (Wildman–Crippen MR) is 93.5 cm³/mol. The maximum absolute atomic E-state index is 12.1. The highest BCUT2D eigenvalue weighted by Crippen LogP contribution is 2.24. The molecule has 0 radical (unpaired) electrons. The number of nitrogens with zero attached hydrogens (tertiary/aromatic N) is 1. The predicted octanol–water partition coefficient (Wildman–Crippen LogP) is 3.58. The van der Waals surface area contributed by atoms with E-state index in [2.05, 4.69) is 5.32 Å². The number of nitriles is 1. The van der Waals surface area contributed by atoms with Gasteiger partial charge in [-0.05, 0) is 42.0 Å². The fourth-order valence-electron chi connectivity index (χ4n) is 2.14. The molecule has 0 aromatic heterocycles. The second-order valence-electron chi connectivity index (χ2n) is 5.28. The summed E-state index contributed by atoms with van der Waals surface area (Å²) < 4.78 is 5.38. The normalized spacial score (nSPS) is 11.5. The lowest BCUT2D eigenvalue weighted by Gasteiger charge is -2.17. The Bertz CT molecular complexity index is 836. The number of ether oxygens (including phenoxy) is 1. The molecule has 0 unspecified atom stereocenters. The summed E-state index contributed by atoms with van der Waals surface area (Å²) in [7, 11) is 0. The molecule has 7 heteroatoms. The van der Waals surface area contributed by atoms with Crippen molar-refractivity contribution in [1.29, 1.82) is 5.26 Å². The Morgan fingerprint density at radius 3 is 2.38 bits per heavy atom. The van der Waals surface area contributed by atoms with Crippen molar-refractivity contribution in [2.75, 3.05) is 5.32 Å². The Kier molecular flexibility index (Phi) is 6.34. The molecule has 132 valence electrons. The number of hydrogen-bond acceptors (Lipinski definition) is 5. The molecule has 1 atom stereocenters. The fraction of sp³-hybridized carbons (Fsp3) is 0.105. The van der Waals surface area contributed by atoms with E-state index in [4.69, 9.17) is 15.1 Å². The molecule has 3 N–H and O–H groups in total. The second-order valence-corrected chi connectivity index (χ2v) is 5.28. The van der Waals surface area contributed by atoms with Crippen LogP contribution in [0.3, 0.4) is 0 Å². The first-order valence-electron chi connectivity index (χ1n) is 7.64. The van der Waals surface area contributed by atoms with Crippen LogP contribution in [0.15, 0.2) is 60.7 Å². The number of carboxylic acid groups (broad SMARTS) is 1. The number of amides is 1. The number of aromatic hydroxyl groups is 1. The molecule has 0 bridgehead atoms. The van der Waals surface area contributed by atoms with Gasteiger partial charge in [-0.2, -0.15) is 5.26 Å². The SMILES string of the molecule is N#Cc1ccc(NC(=O)O[C@@H](C/C=C/C(=O)O)c2ccc(O)cc2)cc1. The Labute approximate surface area is 149 Å². The maximum atomic E-state index is 12.1. The minimum Gasteiger partial charge on any atom is -0.508 e. The monoisotopic (exact) mass is 352 g/mol. The van der Waals surface area contributed by atoms with E-state index in [1.165, 1.54) is 18.2 Å². The first-order valence-corrected chi connectivity index (χ1v) is 7.64. The average Bonchev–Trinajstić information content (AvgIpc) is 2.62. The standard InChI is InChI=1S/C19H16N2O5/c20-12-13-4-8-15(9-5-13)21-19(25)26-17(2-1-3-18(23)24)14-6-10-16(22)11-7-14/h1,3-11,17,22H,2H2,(H,21,25)(H,23,24)/b3-1+/t17-/m0/s1. The maximum Gasteiger partial charge on any atom is 0.412 e. The highest BCUT2D eigenvalue weighted by molar-refractivity contribution is 5.84. The van der Waals surface area contributed by atoms with Crippen molar-refractivity contribution in [1.82, 2.24) is 0 Å². The van der Waals surface area contributed by atoms with Gasteiger partial charge in [-0.25, -0.2) is 9.59 Å². The molecular formula is C19H16N2O5. The van der Waals surface area contributed by atoms with Crippen LogP contribution >= 0.6 is 0 Å². The summed E-state index contributed by atoms with van der Waals surface area (Å²) in [6, 6.07) is 14.3. The van der Waals surface area contributed by atoms with Crippen LogP contribution in [0.4, 0.5) is 10.5 Å². The number of rotatable bonds is 6. The smallest absolute Gasteiger partial charge is 0.412 e. The van der Waals surface area contributed by atoms with Crippen LogP contribution in [0.1, 0.15) is 23.7 Å². The molecule has 0 saturated carbocycles. The third kappa shape index (κ3) is 5.69. The number of carbonyl (C=O) groups excluding carboxylic acids is 1. The molecule has 0 fully saturated rings. The van der Waals surface area contributed by atoms with Gasteiger partial charge in [0.05, 0.1) is 11.6 Å². The number of carbonyl (C=O) groups is 2. The summed E-state index contributed by atoms with van der Waals surface area (Å²) in [5, 5.41) is 29.4. The Morgan fingerprint density at radius 1 is 1.15 bits per heavy atom. The van der Waals surface area contributed by atoms with Crippen LogP contribution in [-0.4, -0.2) is 22.3 Å². The number of carboxylic acids is 1. The van der Waals surface area contributed by atoms with Crippen LogP contribution in [0.2, 0.25) is 0 Å². The first kappa shape index (κ1) is 18.5. The van der Waals surface area contributed by atoms with Crippen molar-refractivity contribution >= 4 is 17.7 Å². The van der Waals surface area contributed by atoms with Crippen molar-refractivity contribution in [3.63, 3.8) is 0 Å². The molecule has 2 aromatic carbocycles. The third-order valence-corrected chi connectivity index (χ3v) is 3.39. The molecule has 0 spiro atoms. The van der Waals surface area contributed by atoms with E-state index in [-0.39, 0.29) is 12.2 Å². The highest BCUT2D eigenvalue weighted by Gasteiger charge is 2.16. The summed E-state index contributed by atoms with van der Waals surface area (Å²) in [6.07, 6.45) is 1.04. The van der Waals surface area contributed by atoms with E-state index in [1.807, 2.05) is 6.07 Å². The van der Waals surface area contributed by atoms with Gasteiger partial charge in [-0.1, -0.05) is 18.2 Å². The van der Waals surface area contributed by atoms with E-state index in [0.717, 1.165) is 6.08 Å². The van der Waals surface area contributed by atoms with E-state index in [9.17, 15) is 14.7 Å². The molecule has 2 rings (SSSR count). The van der Waals surface area contributed by atoms with Crippen LogP contribution < -0.4 is 5.32 Å². The number of benzene rings is 2. The van der Waals surface area contributed by atoms with Gasteiger partial charge in [-0.15, -0.1) is 0 Å². The number of phenolic OH excluding ortho intramolecular Hbond substituents is 1. The highest BCUT2D eigenvalue weighted by atomic mass is 16.6. The van der Waals surface area contributed by atoms with Gasteiger partial charge < -0.3 is 14.9 Å². The van der Waals surface area contributed by atoms with E-state index < -0.39 is 18.2 Å². The van der Waals surface area contributed by atoms with Gasteiger partial charge in [0.15, 0.2) is 0 Å². The molecule has 26 heavy (non-hydrogen) atoms. The minimum absolute atomic E-state index is 0.0654. The van der Waals surface area contributed by atoms with Gasteiger partial charge >= 0.3 is 12.1 Å². The molecule has 0 aliphatic rings. The molecule has 2 aromatic rings. The lowest BCUT2D eigenvalue weighted by molar-refractivity contribution is -0.131. The topological polar surface area (TPSA) is 120 Å². The minimum atomic E-state index is -1.10. The zero-order valence-corrected chi connectivity index (χ0v) is 13.6. The summed E-state index contributed by atoms with van der Waals surface area (Å²) in [6.45, 7) is 0.